The van der Waals surface area contributed by atoms with E-state index in [0.717, 1.165) is 59.3 Å². The van der Waals surface area contributed by atoms with Crippen LogP contribution in [0.1, 0.15) is 76.7 Å². The number of benzene rings is 3. The van der Waals surface area contributed by atoms with Crippen molar-refractivity contribution in [1.29, 1.82) is 0 Å². The van der Waals surface area contributed by atoms with Crippen molar-refractivity contribution in [1.82, 2.24) is 0 Å². The molecule has 3 aromatic carbocycles. The van der Waals surface area contributed by atoms with E-state index in [-0.39, 0.29) is 18.2 Å². The summed E-state index contributed by atoms with van der Waals surface area (Å²) in [4.78, 5) is 5.87. The van der Waals surface area contributed by atoms with Gasteiger partial charge >= 0.3 is 0 Å². The molecule has 3 nitrogen and oxygen atoms in total. The Balaban J connectivity index is 1.30. The van der Waals surface area contributed by atoms with Crippen LogP contribution in [0.15, 0.2) is 88.6 Å². The van der Waals surface area contributed by atoms with Crippen LogP contribution in [0.25, 0.3) is 0 Å². The van der Waals surface area contributed by atoms with Crippen molar-refractivity contribution in [3.8, 4) is 0 Å². The smallest absolute Gasteiger partial charge is 0.145 e. The Morgan fingerprint density at radius 2 is 1.39 bits per heavy atom. The average Bonchev–Trinajstić information content (AvgIpc) is 3.81. The molecular weight excluding hydrogens is 456 g/mol. The highest BCUT2D eigenvalue weighted by Crippen LogP contribution is 2.45. The Hall–Kier alpha value is -3.73. The Kier molecular flexibility index (Phi) is 6.14. The molecule has 2 fully saturated rings. The summed E-state index contributed by atoms with van der Waals surface area (Å²) in [7, 11) is 0. The van der Waals surface area contributed by atoms with Gasteiger partial charge in [-0.3, -0.25) is 0 Å². The molecular formula is C31H27F2NO2. The van der Waals surface area contributed by atoms with Crippen LogP contribution in [0.5, 0.6) is 0 Å². The molecule has 2 aliphatic carbocycles. The van der Waals surface area contributed by atoms with E-state index in [1.165, 1.54) is 17.7 Å². The summed E-state index contributed by atoms with van der Waals surface area (Å²) in [5.74, 6) is 0.979. The number of rotatable bonds is 9. The second-order valence-corrected chi connectivity index (χ2v) is 9.81. The Bertz CT molecular complexity index is 1340. The summed E-state index contributed by atoms with van der Waals surface area (Å²) in [6.07, 6.45) is 6.52. The van der Waals surface area contributed by atoms with Gasteiger partial charge < -0.3 is 9.25 Å². The molecule has 182 valence electrons. The molecule has 2 aliphatic rings. The summed E-state index contributed by atoms with van der Waals surface area (Å²) in [5.41, 5.74) is 6.27. The number of hydrogen-bond acceptors (Lipinski definition) is 3. The zero-order valence-electron chi connectivity index (χ0n) is 19.9. The lowest BCUT2D eigenvalue weighted by molar-refractivity contribution is 0.130. The molecule has 1 heterocycles. The van der Waals surface area contributed by atoms with Gasteiger partial charge in [-0.25, -0.2) is 8.78 Å². The Morgan fingerprint density at radius 1 is 0.778 bits per heavy atom. The number of halogens is 2. The molecule has 2 saturated carbocycles. The van der Waals surface area contributed by atoms with Crippen LogP contribution in [-0.2, 0) is 17.9 Å². The zero-order chi connectivity index (χ0) is 24.5. The first kappa shape index (κ1) is 22.7. The molecule has 4 aromatic rings. The highest BCUT2D eigenvalue weighted by atomic mass is 19.1. The molecule has 0 unspecified atom stereocenters. The Labute approximate surface area is 209 Å². The van der Waals surface area contributed by atoms with E-state index in [4.69, 9.17) is 9.25 Å². The lowest BCUT2D eigenvalue weighted by Gasteiger charge is -2.15. The van der Waals surface area contributed by atoms with Gasteiger partial charge in [0.15, 0.2) is 0 Å². The van der Waals surface area contributed by atoms with Crippen LogP contribution in [0.3, 0.4) is 0 Å². The number of nitrogens with zero attached hydrogens (tertiary/aromatic N) is 1. The molecule has 0 aliphatic heterocycles. The van der Waals surface area contributed by atoms with E-state index in [9.17, 15) is 8.78 Å². The van der Waals surface area contributed by atoms with E-state index in [1.807, 2.05) is 24.3 Å². The van der Waals surface area contributed by atoms with Gasteiger partial charge in [-0.1, -0.05) is 35.5 Å². The van der Waals surface area contributed by atoms with E-state index < -0.39 is 0 Å². The third kappa shape index (κ3) is 5.11. The molecule has 0 spiro atoms. The van der Waals surface area contributed by atoms with Crippen molar-refractivity contribution in [2.75, 3.05) is 0 Å². The lowest BCUT2D eigenvalue weighted by atomic mass is 9.91. The van der Waals surface area contributed by atoms with Gasteiger partial charge in [0.05, 0.1) is 6.26 Å². The van der Waals surface area contributed by atoms with E-state index in [2.05, 4.69) is 17.3 Å². The topological polar surface area (TPSA) is 34.7 Å². The fourth-order valence-corrected chi connectivity index (χ4v) is 4.77. The first-order valence-corrected chi connectivity index (χ1v) is 12.5. The summed E-state index contributed by atoms with van der Waals surface area (Å²) < 4.78 is 34.1. The van der Waals surface area contributed by atoms with E-state index in [0.29, 0.717) is 24.0 Å². The van der Waals surface area contributed by atoms with Crippen LogP contribution in [-0.4, -0.2) is 5.71 Å². The van der Waals surface area contributed by atoms with E-state index >= 15 is 0 Å². The molecule has 0 saturated heterocycles. The molecule has 1 aromatic heterocycles. The van der Waals surface area contributed by atoms with E-state index in [1.54, 1.807) is 30.5 Å². The highest BCUT2D eigenvalue weighted by molar-refractivity contribution is 6.14. The molecule has 0 bridgehead atoms. The quantitative estimate of drug-likeness (QED) is 0.179. The number of furan rings is 1. The molecule has 6 rings (SSSR count). The second-order valence-electron chi connectivity index (χ2n) is 9.81. The summed E-state index contributed by atoms with van der Waals surface area (Å²) >= 11 is 0. The molecule has 5 heteroatoms. The monoisotopic (exact) mass is 483 g/mol. The van der Waals surface area contributed by atoms with Crippen LogP contribution in [0.4, 0.5) is 8.78 Å². The molecule has 0 atom stereocenters. The van der Waals surface area contributed by atoms with Crippen molar-refractivity contribution in [2.24, 2.45) is 5.16 Å². The predicted octanol–water partition coefficient (Wildman–Crippen LogP) is 7.87. The van der Waals surface area contributed by atoms with Gasteiger partial charge in [-0.15, -0.1) is 0 Å². The number of oxime groups is 1. The van der Waals surface area contributed by atoms with Gasteiger partial charge in [0.1, 0.15) is 29.7 Å². The molecule has 0 N–H and O–H groups in total. The van der Waals surface area contributed by atoms with Gasteiger partial charge in [-0.05, 0) is 96.7 Å². The maximum absolute atomic E-state index is 14.2. The average molecular weight is 484 g/mol. The van der Waals surface area contributed by atoms with Crippen molar-refractivity contribution in [3.05, 3.63) is 130 Å². The van der Waals surface area contributed by atoms with Crippen molar-refractivity contribution in [3.63, 3.8) is 0 Å². The standard InChI is InChI=1S/C31H27F2NO2/c32-24-10-12-27(29(16-24)22-6-7-22)31(28-13-11-25(33)17-30(28)23-8-9-23)34-36-19-21-15-26(35-18-21)14-20-4-2-1-3-5-20/h1-5,10-13,15-18,22-23H,6-9,14,19H2. The maximum Gasteiger partial charge on any atom is 0.145 e. The summed E-state index contributed by atoms with van der Waals surface area (Å²) in [6, 6.07) is 21.8. The number of hydrogen-bond donors (Lipinski definition) is 0. The first-order chi connectivity index (χ1) is 17.6. The third-order valence-corrected chi connectivity index (χ3v) is 6.89. The summed E-state index contributed by atoms with van der Waals surface area (Å²) in [5, 5.41) is 4.58. The minimum Gasteiger partial charge on any atom is -0.469 e. The minimum absolute atomic E-state index is 0.238. The first-order valence-electron chi connectivity index (χ1n) is 12.5. The maximum atomic E-state index is 14.2. The molecule has 0 radical (unpaired) electrons. The second kappa shape index (κ2) is 9.73. The zero-order valence-corrected chi connectivity index (χ0v) is 19.9. The van der Waals surface area contributed by atoms with Crippen LogP contribution >= 0.6 is 0 Å². The lowest BCUT2D eigenvalue weighted by Crippen LogP contribution is -2.11. The van der Waals surface area contributed by atoms with Crippen LogP contribution in [0.2, 0.25) is 0 Å². The highest BCUT2D eigenvalue weighted by Gasteiger charge is 2.32. The predicted molar refractivity (Wildman–Crippen MR) is 135 cm³/mol. The molecule has 0 amide bonds. The van der Waals surface area contributed by atoms with Crippen molar-refractivity contribution in [2.45, 2.75) is 50.5 Å². The van der Waals surface area contributed by atoms with Crippen LogP contribution in [0, 0.1) is 11.6 Å². The van der Waals surface area contributed by atoms with Gasteiger partial charge in [0.25, 0.3) is 0 Å². The van der Waals surface area contributed by atoms with Crippen LogP contribution < -0.4 is 0 Å². The summed E-state index contributed by atoms with van der Waals surface area (Å²) in [6.45, 7) is 0.238. The Morgan fingerprint density at radius 3 is 1.97 bits per heavy atom. The largest absolute Gasteiger partial charge is 0.469 e. The van der Waals surface area contributed by atoms with Crippen molar-refractivity contribution < 1.29 is 18.0 Å². The SMILES string of the molecule is Fc1ccc(C(=NOCc2coc(Cc3ccccc3)c2)c2ccc(F)cc2C2CC2)c(C2CC2)c1. The third-order valence-electron chi connectivity index (χ3n) is 6.89. The van der Waals surface area contributed by atoms with Crippen molar-refractivity contribution >= 4 is 5.71 Å². The van der Waals surface area contributed by atoms with Gasteiger partial charge in [-0.2, -0.15) is 0 Å². The van der Waals surface area contributed by atoms with Gasteiger partial charge in [0.2, 0.25) is 0 Å². The molecule has 36 heavy (non-hydrogen) atoms. The normalized spacial score (nSPS) is 15.1. The fraction of sp³-hybridized carbons (Fsp3) is 0.258. The fourth-order valence-electron chi connectivity index (χ4n) is 4.77. The van der Waals surface area contributed by atoms with Gasteiger partial charge in [0, 0.05) is 23.1 Å². The minimum atomic E-state index is -0.258.